The molecule has 2 heterocycles. The van der Waals surface area contributed by atoms with E-state index in [4.69, 9.17) is 16.3 Å². The second-order valence-electron chi connectivity index (χ2n) is 5.55. The highest BCUT2D eigenvalue weighted by atomic mass is 35.5. The molecule has 3 rings (SSSR count). The Hall–Kier alpha value is -2.31. The predicted octanol–water partition coefficient (Wildman–Crippen LogP) is 2.32. The zero-order valence-corrected chi connectivity index (χ0v) is 13.8. The van der Waals surface area contributed by atoms with Crippen LogP contribution in [-0.4, -0.2) is 48.0 Å². The molecule has 1 aromatic carbocycles. The number of rotatable bonds is 4. The maximum absolute atomic E-state index is 12.2. The number of H-pyrrole nitrogens is 1. The molecule has 2 amide bonds. The van der Waals surface area contributed by atoms with Crippen LogP contribution in [0.1, 0.15) is 16.1 Å². The monoisotopic (exact) mass is 347 g/mol. The summed E-state index contributed by atoms with van der Waals surface area (Å²) in [6.07, 6.45) is 1.90. The average Bonchev–Trinajstić information content (AvgIpc) is 3.04. The first kappa shape index (κ1) is 16.5. The van der Waals surface area contributed by atoms with Gasteiger partial charge in [-0.2, -0.15) is 0 Å². The smallest absolute Gasteiger partial charge is 0.272 e. The number of anilines is 1. The second-order valence-corrected chi connectivity index (χ2v) is 5.99. The van der Waals surface area contributed by atoms with Crippen LogP contribution in [0.2, 0.25) is 5.02 Å². The summed E-state index contributed by atoms with van der Waals surface area (Å²) in [4.78, 5) is 28.8. The summed E-state index contributed by atoms with van der Waals surface area (Å²) >= 11 is 5.79. The number of aromatic nitrogens is 1. The van der Waals surface area contributed by atoms with Gasteiger partial charge < -0.3 is 19.9 Å². The summed E-state index contributed by atoms with van der Waals surface area (Å²) in [7, 11) is 0. The third kappa shape index (κ3) is 4.15. The topological polar surface area (TPSA) is 74.4 Å². The van der Waals surface area contributed by atoms with Gasteiger partial charge in [0.1, 0.15) is 5.69 Å². The van der Waals surface area contributed by atoms with Gasteiger partial charge in [-0.1, -0.05) is 23.7 Å². The molecule has 0 bridgehead atoms. The molecule has 0 spiro atoms. The van der Waals surface area contributed by atoms with Gasteiger partial charge in [-0.05, 0) is 23.8 Å². The van der Waals surface area contributed by atoms with Crippen LogP contribution in [0.4, 0.5) is 5.69 Å². The number of aromatic amines is 1. The number of morpholine rings is 1. The van der Waals surface area contributed by atoms with E-state index in [1.165, 1.54) is 0 Å². The molecule has 126 valence electrons. The molecule has 0 saturated carbocycles. The Morgan fingerprint density at radius 1 is 1.21 bits per heavy atom. The first-order chi connectivity index (χ1) is 11.6. The first-order valence-electron chi connectivity index (χ1n) is 7.71. The number of nitrogens with one attached hydrogen (secondary N) is 2. The summed E-state index contributed by atoms with van der Waals surface area (Å²) in [5.41, 5.74) is 1.97. The van der Waals surface area contributed by atoms with Crippen LogP contribution in [0.15, 0.2) is 36.5 Å². The highest BCUT2D eigenvalue weighted by Crippen LogP contribution is 2.14. The van der Waals surface area contributed by atoms with Crippen molar-refractivity contribution in [1.29, 1.82) is 0 Å². The standard InChI is InChI=1S/C17H18ClN3O3/c18-13-10-15(19-11-13)17(23)20-14-3-1-12(2-4-14)9-16(22)21-5-7-24-8-6-21/h1-4,10-11,19H,5-9H2,(H,20,23). The maximum Gasteiger partial charge on any atom is 0.272 e. The lowest BCUT2D eigenvalue weighted by Crippen LogP contribution is -2.41. The van der Waals surface area contributed by atoms with E-state index in [2.05, 4.69) is 10.3 Å². The zero-order chi connectivity index (χ0) is 16.9. The van der Waals surface area contributed by atoms with Crippen molar-refractivity contribution < 1.29 is 14.3 Å². The molecule has 24 heavy (non-hydrogen) atoms. The van der Waals surface area contributed by atoms with Gasteiger partial charge in [-0.15, -0.1) is 0 Å². The average molecular weight is 348 g/mol. The second kappa shape index (κ2) is 7.51. The summed E-state index contributed by atoms with van der Waals surface area (Å²) in [6.45, 7) is 2.48. The van der Waals surface area contributed by atoms with Gasteiger partial charge in [0.25, 0.3) is 5.91 Å². The van der Waals surface area contributed by atoms with Crippen molar-refractivity contribution in [3.63, 3.8) is 0 Å². The largest absolute Gasteiger partial charge is 0.378 e. The summed E-state index contributed by atoms with van der Waals surface area (Å²) in [6, 6.07) is 8.81. The number of halogens is 1. The van der Waals surface area contributed by atoms with Gasteiger partial charge in [0.15, 0.2) is 0 Å². The fourth-order valence-corrected chi connectivity index (χ4v) is 2.67. The number of hydrogen-bond acceptors (Lipinski definition) is 3. The van der Waals surface area contributed by atoms with Crippen molar-refractivity contribution in [3.8, 4) is 0 Å². The third-order valence-electron chi connectivity index (χ3n) is 3.82. The summed E-state index contributed by atoms with van der Waals surface area (Å²) in [5, 5.41) is 3.26. The van der Waals surface area contributed by atoms with Crippen LogP contribution < -0.4 is 5.32 Å². The molecule has 2 aromatic rings. The van der Waals surface area contributed by atoms with Crippen LogP contribution in [0, 0.1) is 0 Å². The number of amides is 2. The quantitative estimate of drug-likeness (QED) is 0.891. The van der Waals surface area contributed by atoms with Gasteiger partial charge >= 0.3 is 0 Å². The highest BCUT2D eigenvalue weighted by molar-refractivity contribution is 6.31. The van der Waals surface area contributed by atoms with Crippen LogP contribution in [0.5, 0.6) is 0 Å². The maximum atomic E-state index is 12.2. The van der Waals surface area contributed by atoms with E-state index in [0.29, 0.717) is 49.1 Å². The Morgan fingerprint density at radius 3 is 2.54 bits per heavy atom. The fraction of sp³-hybridized carbons (Fsp3) is 0.294. The Morgan fingerprint density at radius 2 is 1.92 bits per heavy atom. The molecule has 1 aromatic heterocycles. The number of nitrogens with zero attached hydrogens (tertiary/aromatic N) is 1. The number of carbonyl (C=O) groups is 2. The van der Waals surface area contributed by atoms with Gasteiger partial charge in [0.2, 0.25) is 5.91 Å². The molecular formula is C17H18ClN3O3. The normalized spacial score (nSPS) is 14.5. The van der Waals surface area contributed by atoms with Gasteiger partial charge in [-0.25, -0.2) is 0 Å². The van der Waals surface area contributed by atoms with E-state index in [0.717, 1.165) is 5.56 Å². The molecule has 0 unspecified atom stereocenters. The molecule has 0 radical (unpaired) electrons. The zero-order valence-electron chi connectivity index (χ0n) is 13.0. The van der Waals surface area contributed by atoms with Crippen LogP contribution in [0.25, 0.3) is 0 Å². The lowest BCUT2D eigenvalue weighted by atomic mass is 10.1. The molecule has 1 aliphatic heterocycles. The minimum Gasteiger partial charge on any atom is -0.378 e. The van der Waals surface area contributed by atoms with Crippen molar-refractivity contribution in [2.24, 2.45) is 0 Å². The first-order valence-corrected chi connectivity index (χ1v) is 8.09. The molecule has 1 aliphatic rings. The van der Waals surface area contributed by atoms with E-state index in [1.807, 2.05) is 17.0 Å². The Kier molecular flexibility index (Phi) is 5.17. The molecule has 6 nitrogen and oxygen atoms in total. The number of ether oxygens (including phenoxy) is 1. The lowest BCUT2D eigenvalue weighted by Gasteiger charge is -2.26. The van der Waals surface area contributed by atoms with E-state index < -0.39 is 0 Å². The van der Waals surface area contributed by atoms with Crippen molar-refractivity contribution in [3.05, 3.63) is 52.8 Å². The van der Waals surface area contributed by atoms with Gasteiger partial charge in [0, 0.05) is 25.0 Å². The van der Waals surface area contributed by atoms with E-state index in [-0.39, 0.29) is 11.8 Å². The van der Waals surface area contributed by atoms with Crippen LogP contribution >= 0.6 is 11.6 Å². The van der Waals surface area contributed by atoms with E-state index in [9.17, 15) is 9.59 Å². The highest BCUT2D eigenvalue weighted by Gasteiger charge is 2.17. The van der Waals surface area contributed by atoms with Crippen molar-refractivity contribution in [2.45, 2.75) is 6.42 Å². The minimum absolute atomic E-state index is 0.0936. The number of hydrogen-bond donors (Lipinski definition) is 2. The van der Waals surface area contributed by atoms with E-state index >= 15 is 0 Å². The number of carbonyl (C=O) groups excluding carboxylic acids is 2. The van der Waals surface area contributed by atoms with E-state index in [1.54, 1.807) is 24.4 Å². The van der Waals surface area contributed by atoms with Crippen molar-refractivity contribution >= 4 is 29.1 Å². The number of benzene rings is 1. The van der Waals surface area contributed by atoms with Crippen LogP contribution in [-0.2, 0) is 16.0 Å². The molecule has 1 fully saturated rings. The Bertz CT molecular complexity index is 721. The summed E-state index contributed by atoms with van der Waals surface area (Å²) < 4.78 is 5.25. The fourth-order valence-electron chi connectivity index (χ4n) is 2.50. The van der Waals surface area contributed by atoms with Crippen LogP contribution in [0.3, 0.4) is 0 Å². The SMILES string of the molecule is O=C(Nc1ccc(CC(=O)N2CCOCC2)cc1)c1cc(Cl)c[nH]1. The van der Waals surface area contributed by atoms with Crippen molar-refractivity contribution in [1.82, 2.24) is 9.88 Å². The molecular weight excluding hydrogens is 330 g/mol. The minimum atomic E-state index is -0.265. The molecule has 0 aliphatic carbocycles. The molecule has 7 heteroatoms. The van der Waals surface area contributed by atoms with Gasteiger partial charge in [0.05, 0.1) is 24.7 Å². The Balaban J connectivity index is 1.56. The summed E-state index contributed by atoms with van der Waals surface area (Å²) in [5.74, 6) is -0.171. The predicted molar refractivity (Wildman–Crippen MR) is 91.3 cm³/mol. The lowest BCUT2D eigenvalue weighted by molar-refractivity contribution is -0.134. The van der Waals surface area contributed by atoms with Crippen molar-refractivity contribution in [2.75, 3.05) is 31.6 Å². The third-order valence-corrected chi connectivity index (χ3v) is 4.04. The molecule has 2 N–H and O–H groups in total. The molecule has 1 saturated heterocycles. The Labute approximate surface area is 144 Å². The van der Waals surface area contributed by atoms with Gasteiger partial charge in [-0.3, -0.25) is 9.59 Å². The molecule has 0 atom stereocenters.